The molecule has 364 valence electrons. The summed E-state index contributed by atoms with van der Waals surface area (Å²) in [6, 6.07) is 2.08. The maximum Gasteiger partial charge on any atom is 0.311 e. The average molecular weight is 940 g/mol. The summed E-state index contributed by atoms with van der Waals surface area (Å²) in [5, 5.41) is 49.4. The number of carbonyl (C=O) groups is 3. The minimum absolute atomic E-state index is 0.0168. The fourth-order valence-corrected chi connectivity index (χ4v) is 11.5. The fraction of sp³-hybridized carbons (Fsp3) is 0.519. The van der Waals surface area contributed by atoms with Crippen molar-refractivity contribution in [2.24, 2.45) is 17.8 Å². The molecule has 0 bridgehead atoms. The number of benzene rings is 5. The summed E-state index contributed by atoms with van der Waals surface area (Å²) >= 11 is 0. The van der Waals surface area contributed by atoms with Crippen molar-refractivity contribution in [2.75, 3.05) is 72.4 Å². The molecule has 0 heterocycles. The van der Waals surface area contributed by atoms with Crippen molar-refractivity contribution in [3.05, 3.63) is 66.0 Å². The van der Waals surface area contributed by atoms with E-state index in [0.717, 1.165) is 6.42 Å². The minimum atomic E-state index is -1.00. The van der Waals surface area contributed by atoms with Crippen LogP contribution in [0.3, 0.4) is 0 Å². The number of carbonyl (C=O) groups excluding carboxylic acids is 3. The third-order valence-corrected chi connectivity index (χ3v) is 14.3. The molecule has 2 fully saturated rings. The monoisotopic (exact) mass is 939 g/mol. The van der Waals surface area contributed by atoms with Gasteiger partial charge in [-0.3, -0.25) is 24.0 Å². The highest BCUT2D eigenvalue weighted by molar-refractivity contribution is 6.39. The van der Waals surface area contributed by atoms with Crippen LogP contribution in [0.1, 0.15) is 92.5 Å². The van der Waals surface area contributed by atoms with Gasteiger partial charge in [-0.25, -0.2) is 0 Å². The predicted octanol–water partition coefficient (Wildman–Crippen LogP) is 5.37. The summed E-state index contributed by atoms with van der Waals surface area (Å²) in [6.07, 6.45) is 6.30. The molecule has 0 saturated heterocycles. The lowest BCUT2D eigenvalue weighted by Crippen LogP contribution is -2.33. The molecule has 0 radical (unpaired) electrons. The van der Waals surface area contributed by atoms with Gasteiger partial charge in [-0.15, -0.1) is 0 Å². The van der Waals surface area contributed by atoms with Gasteiger partial charge in [0.25, 0.3) is 0 Å². The number of methoxy groups -OCH3 is 2. The molecule has 68 heavy (non-hydrogen) atoms. The highest BCUT2D eigenvalue weighted by atomic mass is 16.6. The standard InChI is InChI=1S/C52H61NO15/c1-26-20-33-34(21-28-8-5-9-31(28)51(61)67-19-17-66-15-14-63-3)48(53-35-11-6-10-32(35)52(62)68-18-16-65-13-7-12-54)42-36(58)22-29(24-55)39-40-30(25-56)23-37(59)43-45(40)46(41(33)44(39)42)47(38(26)27(2)57)50(64-4)49(43)60/h20,22-23,28,31-32,35,38,53-56,60H,5-19,21,24-25H2,1-4H3. The van der Waals surface area contributed by atoms with E-state index in [2.05, 4.69) is 5.32 Å². The summed E-state index contributed by atoms with van der Waals surface area (Å²) in [6.45, 7) is 3.53. The number of hydrogen-bond donors (Lipinski definition) is 5. The number of phenols is 1. The van der Waals surface area contributed by atoms with Gasteiger partial charge in [-0.05, 0) is 114 Å². The van der Waals surface area contributed by atoms with Crippen molar-refractivity contribution < 1.29 is 63.2 Å². The minimum Gasteiger partial charge on any atom is -0.504 e. The van der Waals surface area contributed by atoms with E-state index in [4.69, 9.17) is 33.5 Å². The average Bonchev–Trinajstić information content (AvgIpc) is 3.97. The quantitative estimate of drug-likeness (QED) is 0.0254. The van der Waals surface area contributed by atoms with Crippen LogP contribution >= 0.6 is 0 Å². The number of aromatic hydroxyl groups is 1. The molecule has 2 saturated carbocycles. The normalized spacial score (nSPS) is 20.2. The number of esters is 2. The molecule has 5 N–H and O–H groups in total. The third kappa shape index (κ3) is 8.75. The van der Waals surface area contributed by atoms with Crippen LogP contribution in [0.25, 0.3) is 49.2 Å². The second kappa shape index (κ2) is 21.0. The third-order valence-electron chi connectivity index (χ3n) is 14.3. The molecule has 0 aromatic heterocycles. The molecular formula is C52H61NO15. The first kappa shape index (κ1) is 48.9. The van der Waals surface area contributed by atoms with Crippen molar-refractivity contribution >= 4 is 72.6 Å². The van der Waals surface area contributed by atoms with E-state index in [1.165, 1.54) is 26.2 Å². The number of phenolic OH excluding ortho intramolecular Hbond substituents is 1. The lowest BCUT2D eigenvalue weighted by atomic mass is 9.77. The van der Waals surface area contributed by atoms with Crippen molar-refractivity contribution in [3.63, 3.8) is 0 Å². The number of ether oxygens (including phenoxy) is 6. The zero-order valence-electron chi connectivity index (χ0n) is 39.1. The molecule has 3 aliphatic rings. The second-order valence-electron chi connectivity index (χ2n) is 18.3. The SMILES string of the molecule is COCCOCCOC(=O)C1CCCC1Cc1c(NC2CCCC2C(=O)OCCOCCCO)c2c(=O)cc(CO)c3c4c(CO)cc(=O)c5c(O)c(OC)c6c(c(c1C=C(C)C6C(C)=O)c23)c54. The summed E-state index contributed by atoms with van der Waals surface area (Å²) < 4.78 is 33.6. The van der Waals surface area contributed by atoms with Crippen LogP contribution < -0.4 is 20.9 Å². The van der Waals surface area contributed by atoms with Gasteiger partial charge >= 0.3 is 11.9 Å². The highest BCUT2D eigenvalue weighted by Gasteiger charge is 2.41. The maximum atomic E-state index is 15.1. The largest absolute Gasteiger partial charge is 0.504 e. The summed E-state index contributed by atoms with van der Waals surface area (Å²) in [5.74, 6) is -4.04. The summed E-state index contributed by atoms with van der Waals surface area (Å²) in [7, 11) is 2.92. The van der Waals surface area contributed by atoms with E-state index in [1.807, 2.05) is 6.08 Å². The number of allylic oxidation sites excluding steroid dienone is 1. The Hall–Kier alpha value is -5.49. The zero-order chi connectivity index (χ0) is 48.4. The summed E-state index contributed by atoms with van der Waals surface area (Å²) in [5.41, 5.74) is 1.92. The Morgan fingerprint density at radius 3 is 1.94 bits per heavy atom. The van der Waals surface area contributed by atoms with Crippen LogP contribution in [-0.4, -0.2) is 111 Å². The molecule has 5 unspecified atom stereocenters. The van der Waals surface area contributed by atoms with Gasteiger partial charge in [-0.2, -0.15) is 0 Å². The number of Topliss-reactive ketones (excluding diaryl/α,β-unsaturated/α-hetero) is 1. The van der Waals surface area contributed by atoms with Gasteiger partial charge in [-0.1, -0.05) is 24.5 Å². The van der Waals surface area contributed by atoms with Crippen molar-refractivity contribution in [1.29, 1.82) is 0 Å². The van der Waals surface area contributed by atoms with E-state index >= 15 is 4.79 Å². The van der Waals surface area contributed by atoms with Crippen LogP contribution in [-0.2, 0) is 57.7 Å². The maximum absolute atomic E-state index is 15.1. The Balaban J connectivity index is 1.42. The number of ketones is 1. The molecular weight excluding hydrogens is 879 g/mol. The Morgan fingerprint density at radius 2 is 1.31 bits per heavy atom. The molecule has 0 spiro atoms. The Bertz CT molecular complexity index is 2870. The summed E-state index contributed by atoms with van der Waals surface area (Å²) in [4.78, 5) is 71.2. The van der Waals surface area contributed by atoms with Crippen LogP contribution in [0.15, 0.2) is 27.3 Å². The number of fused-ring (bicyclic) bond motifs is 1. The molecule has 16 nitrogen and oxygen atoms in total. The first-order valence-corrected chi connectivity index (χ1v) is 23.6. The second-order valence-corrected chi connectivity index (χ2v) is 18.3. The first-order valence-electron chi connectivity index (χ1n) is 23.6. The first-order chi connectivity index (χ1) is 32.9. The molecule has 5 atom stereocenters. The number of anilines is 1. The van der Waals surface area contributed by atoms with Gasteiger partial charge in [0.1, 0.15) is 19.0 Å². The molecule has 5 aromatic rings. The number of rotatable bonds is 22. The van der Waals surface area contributed by atoms with Gasteiger partial charge in [0.2, 0.25) is 0 Å². The van der Waals surface area contributed by atoms with Crippen LogP contribution in [0.5, 0.6) is 11.5 Å². The van der Waals surface area contributed by atoms with E-state index in [9.17, 15) is 34.5 Å². The molecule has 16 heteroatoms. The molecule has 0 aliphatic heterocycles. The van der Waals surface area contributed by atoms with Crippen molar-refractivity contribution in [1.82, 2.24) is 0 Å². The lowest BCUT2D eigenvalue weighted by molar-refractivity contribution is -0.151. The smallest absolute Gasteiger partial charge is 0.311 e. The van der Waals surface area contributed by atoms with Crippen molar-refractivity contribution in [2.45, 2.75) is 90.4 Å². The number of hydrogen-bond acceptors (Lipinski definition) is 16. The lowest BCUT2D eigenvalue weighted by Gasteiger charge is -2.29. The molecule has 8 rings (SSSR count). The van der Waals surface area contributed by atoms with E-state index in [0.29, 0.717) is 113 Å². The van der Waals surface area contributed by atoms with E-state index < -0.39 is 59.6 Å². The Morgan fingerprint density at radius 1 is 0.706 bits per heavy atom. The van der Waals surface area contributed by atoms with Crippen LogP contribution in [0, 0.1) is 17.8 Å². The Kier molecular flexibility index (Phi) is 15.1. The predicted molar refractivity (Wildman–Crippen MR) is 255 cm³/mol. The van der Waals surface area contributed by atoms with Crippen molar-refractivity contribution in [3.8, 4) is 11.5 Å². The van der Waals surface area contributed by atoms with Gasteiger partial charge in [0.05, 0.1) is 81.0 Å². The molecule has 5 aromatic carbocycles. The van der Waals surface area contributed by atoms with Gasteiger partial charge in [0.15, 0.2) is 22.4 Å². The van der Waals surface area contributed by atoms with E-state index in [-0.39, 0.29) is 90.2 Å². The highest BCUT2D eigenvalue weighted by Crippen LogP contribution is 2.57. The topological polar surface area (TPSA) is 234 Å². The number of nitrogens with one attached hydrogen (secondary N) is 1. The molecule has 0 amide bonds. The number of aliphatic hydroxyl groups is 3. The number of aliphatic hydroxyl groups excluding tert-OH is 3. The van der Waals surface area contributed by atoms with Crippen LogP contribution in [0.4, 0.5) is 5.69 Å². The van der Waals surface area contributed by atoms with Gasteiger partial charge in [0, 0.05) is 42.7 Å². The zero-order valence-corrected chi connectivity index (χ0v) is 39.1. The fourth-order valence-electron chi connectivity index (χ4n) is 11.5. The Labute approximate surface area is 392 Å². The van der Waals surface area contributed by atoms with Gasteiger partial charge < -0.3 is 54.2 Å². The van der Waals surface area contributed by atoms with E-state index in [1.54, 1.807) is 14.0 Å². The van der Waals surface area contributed by atoms with Crippen LogP contribution in [0.2, 0.25) is 0 Å². The molecule has 3 aliphatic carbocycles.